The number of ether oxygens (including phenoxy) is 1. The van der Waals surface area contributed by atoms with Crippen LogP contribution >= 0.6 is 0 Å². The van der Waals surface area contributed by atoms with Gasteiger partial charge in [0, 0.05) is 18.0 Å². The van der Waals surface area contributed by atoms with Gasteiger partial charge in [-0.1, -0.05) is 26.8 Å². The Hall–Kier alpha value is -1.29. The molecule has 1 aromatic rings. The fraction of sp³-hybridized carbons (Fsp3) is 0.647. The molecule has 0 fully saturated rings. The van der Waals surface area contributed by atoms with Crippen molar-refractivity contribution in [2.24, 2.45) is 0 Å². The molecule has 0 saturated carbocycles. The summed E-state index contributed by atoms with van der Waals surface area (Å²) in [5.41, 5.74) is 0.725. The number of benzene rings is 1. The highest BCUT2D eigenvalue weighted by molar-refractivity contribution is 5.45. The van der Waals surface area contributed by atoms with Gasteiger partial charge in [-0.3, -0.25) is 4.90 Å². The van der Waals surface area contributed by atoms with Crippen molar-refractivity contribution in [3.8, 4) is 11.5 Å². The summed E-state index contributed by atoms with van der Waals surface area (Å²) in [4.78, 5) is 2.22. The molecule has 1 aliphatic heterocycles. The molecule has 21 heavy (non-hydrogen) atoms. The van der Waals surface area contributed by atoms with Crippen molar-refractivity contribution in [3.05, 3.63) is 23.8 Å². The first-order chi connectivity index (χ1) is 10.1. The second-order valence-electron chi connectivity index (χ2n) is 5.70. The molecule has 0 saturated heterocycles. The summed E-state index contributed by atoms with van der Waals surface area (Å²) in [5, 5.41) is 10.0. The summed E-state index contributed by atoms with van der Waals surface area (Å²) >= 11 is 0. The number of rotatable bonds is 6. The zero-order valence-corrected chi connectivity index (χ0v) is 13.2. The molecule has 2 atom stereocenters. The molecular weight excluding hydrogens is 269 g/mol. The van der Waals surface area contributed by atoms with E-state index in [9.17, 15) is 9.50 Å². The molecule has 2 rings (SSSR count). The maximum atomic E-state index is 14.5. The number of aromatic hydroxyl groups is 1. The summed E-state index contributed by atoms with van der Waals surface area (Å²) < 4.78 is 19.9. The topological polar surface area (TPSA) is 32.7 Å². The highest BCUT2D eigenvalue weighted by Crippen LogP contribution is 2.36. The molecule has 2 unspecified atom stereocenters. The first kappa shape index (κ1) is 16.1. The van der Waals surface area contributed by atoms with Crippen molar-refractivity contribution >= 4 is 0 Å². The molecule has 3 nitrogen and oxygen atoms in total. The zero-order valence-electron chi connectivity index (χ0n) is 13.2. The summed E-state index contributed by atoms with van der Waals surface area (Å²) in [5.74, 6) is 0.671. The van der Waals surface area contributed by atoms with Gasteiger partial charge in [0.25, 0.3) is 6.36 Å². The van der Waals surface area contributed by atoms with Crippen LogP contribution in [0, 0.1) is 0 Å². The molecule has 0 radical (unpaired) electrons. The van der Waals surface area contributed by atoms with Crippen molar-refractivity contribution < 1.29 is 14.2 Å². The highest BCUT2D eigenvalue weighted by Gasteiger charge is 2.37. The first-order valence-corrected chi connectivity index (χ1v) is 7.99. The third kappa shape index (κ3) is 3.31. The lowest BCUT2D eigenvalue weighted by Crippen LogP contribution is -2.52. The monoisotopic (exact) mass is 295 g/mol. The number of fused-ring (bicyclic) bond motifs is 1. The van der Waals surface area contributed by atoms with Crippen LogP contribution in [-0.4, -0.2) is 35.0 Å². The van der Waals surface area contributed by atoms with Gasteiger partial charge in [-0.25, -0.2) is 4.39 Å². The fourth-order valence-electron chi connectivity index (χ4n) is 3.27. The summed E-state index contributed by atoms with van der Waals surface area (Å²) in [6, 6.07) is 5.07. The van der Waals surface area contributed by atoms with E-state index >= 15 is 0 Å². The Balaban J connectivity index is 2.27. The summed E-state index contributed by atoms with van der Waals surface area (Å²) in [7, 11) is 0. The van der Waals surface area contributed by atoms with Crippen molar-refractivity contribution in [1.82, 2.24) is 4.90 Å². The molecule has 4 heteroatoms. The number of phenolic OH excluding ortho intramolecular Hbond substituents is 1. The molecule has 118 valence electrons. The van der Waals surface area contributed by atoms with Crippen molar-refractivity contribution in [2.45, 2.75) is 64.9 Å². The molecule has 1 N–H and O–H groups in total. The molecular formula is C17H26FNO2. The lowest BCUT2D eigenvalue weighted by molar-refractivity contribution is -0.0490. The van der Waals surface area contributed by atoms with Gasteiger partial charge >= 0.3 is 0 Å². The quantitative estimate of drug-likeness (QED) is 0.864. The van der Waals surface area contributed by atoms with Crippen LogP contribution in [0.5, 0.6) is 11.5 Å². The Labute approximate surface area is 126 Å². The number of hydrogen-bond donors (Lipinski definition) is 1. The van der Waals surface area contributed by atoms with E-state index in [1.807, 2.05) is 0 Å². The van der Waals surface area contributed by atoms with Crippen LogP contribution in [0.25, 0.3) is 0 Å². The van der Waals surface area contributed by atoms with Crippen LogP contribution in [0.4, 0.5) is 4.39 Å². The molecule has 0 aromatic heterocycles. The predicted octanol–water partition coefficient (Wildman–Crippen LogP) is 3.89. The summed E-state index contributed by atoms with van der Waals surface area (Å²) in [6.07, 6.45) is 2.12. The first-order valence-electron chi connectivity index (χ1n) is 7.99. The third-order valence-corrected chi connectivity index (χ3v) is 4.38. The van der Waals surface area contributed by atoms with E-state index in [-0.39, 0.29) is 11.8 Å². The van der Waals surface area contributed by atoms with E-state index in [0.29, 0.717) is 18.2 Å². The molecule has 1 aliphatic rings. The maximum Gasteiger partial charge on any atom is 0.254 e. The van der Waals surface area contributed by atoms with Crippen LogP contribution in [-0.2, 0) is 6.42 Å². The van der Waals surface area contributed by atoms with Crippen LogP contribution in [0.1, 0.15) is 45.6 Å². The van der Waals surface area contributed by atoms with Crippen molar-refractivity contribution in [2.75, 3.05) is 6.54 Å². The standard InChI is InChI=1S/C17H26FNO2/c1-4-10-19(12(5-2)6-3)14-11-13-15(20)8-7-9-16(13)21-17(14)18/h7-9,12,14,17,20H,4-6,10-11H2,1-3H3. The number of nitrogens with zero attached hydrogens (tertiary/aromatic N) is 1. The van der Waals surface area contributed by atoms with Crippen LogP contribution in [0.2, 0.25) is 0 Å². The minimum Gasteiger partial charge on any atom is -0.508 e. The number of hydrogen-bond acceptors (Lipinski definition) is 3. The van der Waals surface area contributed by atoms with Crippen molar-refractivity contribution in [3.63, 3.8) is 0 Å². The molecule has 1 aromatic carbocycles. The minimum atomic E-state index is -1.34. The van der Waals surface area contributed by atoms with Gasteiger partial charge < -0.3 is 9.84 Å². The Morgan fingerprint density at radius 1 is 1.33 bits per heavy atom. The minimum absolute atomic E-state index is 0.199. The SMILES string of the molecule is CCCN(C(CC)CC)C1Cc2c(O)cccc2OC1F. The lowest BCUT2D eigenvalue weighted by Gasteiger charge is -2.41. The maximum absolute atomic E-state index is 14.5. The average Bonchev–Trinajstić information content (AvgIpc) is 2.47. The van der Waals surface area contributed by atoms with E-state index in [1.54, 1.807) is 18.2 Å². The van der Waals surface area contributed by atoms with Crippen LogP contribution in [0.3, 0.4) is 0 Å². The van der Waals surface area contributed by atoms with E-state index < -0.39 is 6.36 Å². The molecule has 1 heterocycles. The second-order valence-corrected chi connectivity index (χ2v) is 5.70. The van der Waals surface area contributed by atoms with Crippen molar-refractivity contribution in [1.29, 1.82) is 0 Å². The van der Waals surface area contributed by atoms with Gasteiger partial charge in [0.2, 0.25) is 0 Å². The van der Waals surface area contributed by atoms with Gasteiger partial charge in [-0.15, -0.1) is 0 Å². The molecule has 0 bridgehead atoms. The number of halogens is 1. The molecule has 0 aliphatic carbocycles. The Morgan fingerprint density at radius 3 is 2.67 bits per heavy atom. The highest BCUT2D eigenvalue weighted by atomic mass is 19.1. The van der Waals surface area contributed by atoms with Gasteiger partial charge in [-0.2, -0.15) is 0 Å². The number of alkyl halides is 1. The van der Waals surface area contributed by atoms with E-state index in [0.717, 1.165) is 31.4 Å². The lowest BCUT2D eigenvalue weighted by atomic mass is 9.97. The summed E-state index contributed by atoms with van der Waals surface area (Å²) in [6.45, 7) is 7.24. The second kappa shape index (κ2) is 7.12. The van der Waals surface area contributed by atoms with Crippen LogP contribution < -0.4 is 4.74 Å². The van der Waals surface area contributed by atoms with Gasteiger partial charge in [-0.05, 0) is 37.9 Å². The fourth-order valence-corrected chi connectivity index (χ4v) is 3.27. The molecule has 0 amide bonds. The van der Waals surface area contributed by atoms with Crippen LogP contribution in [0.15, 0.2) is 18.2 Å². The van der Waals surface area contributed by atoms with Gasteiger partial charge in [0.15, 0.2) is 0 Å². The van der Waals surface area contributed by atoms with E-state index in [2.05, 4.69) is 25.7 Å². The number of phenols is 1. The predicted molar refractivity (Wildman–Crippen MR) is 82.5 cm³/mol. The Bertz CT molecular complexity index is 462. The Kier molecular flexibility index (Phi) is 5.45. The third-order valence-electron chi connectivity index (χ3n) is 4.38. The largest absolute Gasteiger partial charge is 0.508 e. The average molecular weight is 295 g/mol. The smallest absolute Gasteiger partial charge is 0.254 e. The molecule has 0 spiro atoms. The van der Waals surface area contributed by atoms with Gasteiger partial charge in [0.05, 0.1) is 6.04 Å². The van der Waals surface area contributed by atoms with Gasteiger partial charge in [0.1, 0.15) is 11.5 Å². The van der Waals surface area contributed by atoms with E-state index in [4.69, 9.17) is 4.74 Å². The normalized spacial score (nSPS) is 21.4. The zero-order chi connectivity index (χ0) is 15.4. The van der Waals surface area contributed by atoms with E-state index in [1.165, 1.54) is 0 Å². The Morgan fingerprint density at radius 2 is 2.05 bits per heavy atom.